The summed E-state index contributed by atoms with van der Waals surface area (Å²) in [5.41, 5.74) is 2.35. The van der Waals surface area contributed by atoms with Crippen molar-refractivity contribution >= 4 is 6.03 Å². The van der Waals surface area contributed by atoms with Crippen LogP contribution in [-0.2, 0) is 0 Å². The van der Waals surface area contributed by atoms with E-state index in [1.807, 2.05) is 56.3 Å². The van der Waals surface area contributed by atoms with Crippen molar-refractivity contribution < 1.29 is 19.0 Å². The summed E-state index contributed by atoms with van der Waals surface area (Å²) in [4.78, 5) is 11.7. The summed E-state index contributed by atoms with van der Waals surface area (Å²) in [6, 6.07) is 12.8. The van der Waals surface area contributed by atoms with Gasteiger partial charge in [-0.2, -0.15) is 0 Å². The fourth-order valence-corrected chi connectivity index (χ4v) is 2.06. The number of ether oxygens (including phenoxy) is 3. The number of carbonyl (C=O) groups is 1. The zero-order valence-electron chi connectivity index (χ0n) is 14.8. The smallest absolute Gasteiger partial charge is 0.317 e. The van der Waals surface area contributed by atoms with Gasteiger partial charge in [0.25, 0.3) is 0 Å². The average Bonchev–Trinajstić information content (AvgIpc) is 2.62. The van der Waals surface area contributed by atoms with E-state index in [2.05, 4.69) is 10.6 Å². The molecule has 0 unspecified atom stereocenters. The summed E-state index contributed by atoms with van der Waals surface area (Å²) in [7, 11) is 1.61. The van der Waals surface area contributed by atoms with Crippen molar-refractivity contribution in [2.24, 2.45) is 0 Å². The van der Waals surface area contributed by atoms with E-state index >= 15 is 0 Å². The predicted molar refractivity (Wildman–Crippen MR) is 96.4 cm³/mol. The fourth-order valence-electron chi connectivity index (χ4n) is 2.06. The number of carbonyl (C=O) groups excluding carboxylic acids is 1. The maximum atomic E-state index is 11.7. The van der Waals surface area contributed by atoms with E-state index in [9.17, 15) is 4.79 Å². The van der Waals surface area contributed by atoms with Gasteiger partial charge in [-0.3, -0.25) is 0 Å². The molecule has 0 aliphatic heterocycles. The molecule has 0 radical (unpaired) electrons. The van der Waals surface area contributed by atoms with Gasteiger partial charge < -0.3 is 24.8 Å². The molecule has 2 N–H and O–H groups in total. The van der Waals surface area contributed by atoms with Gasteiger partial charge in [0.2, 0.25) is 0 Å². The van der Waals surface area contributed by atoms with Crippen LogP contribution in [0.25, 0.3) is 0 Å². The van der Waals surface area contributed by atoms with Crippen LogP contribution in [0.5, 0.6) is 17.2 Å². The van der Waals surface area contributed by atoms with Crippen LogP contribution in [0.1, 0.15) is 11.1 Å². The summed E-state index contributed by atoms with van der Waals surface area (Å²) in [5.74, 6) is 2.22. The van der Waals surface area contributed by atoms with Gasteiger partial charge in [0.05, 0.1) is 13.7 Å². The lowest BCUT2D eigenvalue weighted by Crippen LogP contribution is -2.39. The van der Waals surface area contributed by atoms with Crippen LogP contribution >= 0.6 is 0 Å². The molecule has 0 spiro atoms. The van der Waals surface area contributed by atoms with E-state index in [0.29, 0.717) is 13.2 Å². The lowest BCUT2D eigenvalue weighted by molar-refractivity contribution is 0.220. The van der Waals surface area contributed by atoms with Gasteiger partial charge in [-0.1, -0.05) is 6.07 Å². The highest BCUT2D eigenvalue weighted by Gasteiger charge is 2.01. The zero-order valence-corrected chi connectivity index (χ0v) is 14.8. The zero-order chi connectivity index (χ0) is 18.1. The van der Waals surface area contributed by atoms with Gasteiger partial charge in [0.15, 0.2) is 6.73 Å². The summed E-state index contributed by atoms with van der Waals surface area (Å²) >= 11 is 0. The molecule has 0 aromatic heterocycles. The molecule has 0 fully saturated rings. The molecule has 2 rings (SSSR count). The first-order chi connectivity index (χ1) is 12.1. The predicted octanol–water partition coefficient (Wildman–Crippen LogP) is 3.03. The third-order valence-electron chi connectivity index (χ3n) is 3.67. The minimum Gasteiger partial charge on any atom is -0.497 e. The topological polar surface area (TPSA) is 68.8 Å². The first-order valence-electron chi connectivity index (χ1n) is 8.07. The minimum absolute atomic E-state index is 0.105. The van der Waals surface area contributed by atoms with E-state index in [-0.39, 0.29) is 12.8 Å². The fraction of sp³-hybridized carbons (Fsp3) is 0.316. The third-order valence-corrected chi connectivity index (χ3v) is 3.67. The Bertz CT molecular complexity index is 686. The van der Waals surface area contributed by atoms with E-state index < -0.39 is 0 Å². The SMILES string of the molecule is COc1ccc(OCCNC(=O)NCOc2ccc(C)c(C)c2)cc1. The highest BCUT2D eigenvalue weighted by molar-refractivity contribution is 5.73. The Kier molecular flexibility index (Phi) is 6.95. The quantitative estimate of drug-likeness (QED) is 0.570. The second-order valence-electron chi connectivity index (χ2n) is 5.49. The molecule has 0 bridgehead atoms. The van der Waals surface area contributed by atoms with E-state index in [1.54, 1.807) is 7.11 Å². The van der Waals surface area contributed by atoms with Crippen LogP contribution in [-0.4, -0.2) is 33.0 Å². The minimum atomic E-state index is -0.304. The number of rotatable bonds is 8. The average molecular weight is 344 g/mol. The summed E-state index contributed by atoms with van der Waals surface area (Å²) < 4.78 is 16.1. The molecule has 2 amide bonds. The van der Waals surface area contributed by atoms with Crippen molar-refractivity contribution in [2.75, 3.05) is 27.0 Å². The number of urea groups is 1. The molecule has 0 saturated heterocycles. The molecule has 2 aromatic carbocycles. The molecule has 0 aliphatic carbocycles. The van der Waals surface area contributed by atoms with E-state index in [0.717, 1.165) is 22.8 Å². The van der Waals surface area contributed by atoms with Crippen LogP contribution in [0, 0.1) is 13.8 Å². The number of amides is 2. The van der Waals surface area contributed by atoms with Crippen molar-refractivity contribution in [3.63, 3.8) is 0 Å². The highest BCUT2D eigenvalue weighted by Crippen LogP contribution is 2.17. The standard InChI is InChI=1S/C19H24N2O4/c1-14-4-5-18(12-15(14)2)25-13-21-19(22)20-10-11-24-17-8-6-16(23-3)7-9-17/h4-9,12H,10-11,13H2,1-3H3,(H2,20,21,22). The van der Waals surface area contributed by atoms with Crippen LogP contribution < -0.4 is 24.8 Å². The first-order valence-corrected chi connectivity index (χ1v) is 8.07. The molecule has 0 aliphatic rings. The Labute approximate surface area is 148 Å². The molecule has 6 heteroatoms. The van der Waals surface area contributed by atoms with E-state index in [4.69, 9.17) is 14.2 Å². The maximum absolute atomic E-state index is 11.7. The number of benzene rings is 2. The Morgan fingerprint density at radius 3 is 2.24 bits per heavy atom. The van der Waals surface area contributed by atoms with Crippen LogP contribution in [0.15, 0.2) is 42.5 Å². The number of methoxy groups -OCH3 is 1. The summed E-state index contributed by atoms with van der Waals surface area (Å²) in [5, 5.41) is 5.34. The summed E-state index contributed by atoms with van der Waals surface area (Å²) in [6.45, 7) is 4.93. The second-order valence-corrected chi connectivity index (χ2v) is 5.49. The lowest BCUT2D eigenvalue weighted by atomic mass is 10.1. The number of nitrogens with one attached hydrogen (secondary N) is 2. The van der Waals surface area contributed by atoms with Crippen molar-refractivity contribution in [1.29, 1.82) is 0 Å². The molecule has 6 nitrogen and oxygen atoms in total. The number of hydrogen-bond donors (Lipinski definition) is 2. The maximum Gasteiger partial charge on any atom is 0.317 e. The Balaban J connectivity index is 1.59. The van der Waals surface area contributed by atoms with Crippen LogP contribution in [0.4, 0.5) is 4.79 Å². The molecule has 2 aromatic rings. The van der Waals surface area contributed by atoms with Crippen molar-refractivity contribution in [3.05, 3.63) is 53.6 Å². The number of aryl methyl sites for hydroxylation is 2. The van der Waals surface area contributed by atoms with Gasteiger partial charge in [-0.15, -0.1) is 0 Å². The molecule has 0 heterocycles. The largest absolute Gasteiger partial charge is 0.497 e. The molecule has 0 saturated carbocycles. The van der Waals surface area contributed by atoms with Gasteiger partial charge in [0, 0.05) is 0 Å². The van der Waals surface area contributed by atoms with Crippen LogP contribution in [0.3, 0.4) is 0 Å². The molecular formula is C19H24N2O4. The summed E-state index contributed by atoms with van der Waals surface area (Å²) in [6.07, 6.45) is 0. The van der Waals surface area contributed by atoms with Crippen molar-refractivity contribution in [2.45, 2.75) is 13.8 Å². The third kappa shape index (κ3) is 6.25. The lowest BCUT2D eigenvalue weighted by Gasteiger charge is -2.11. The van der Waals surface area contributed by atoms with Gasteiger partial charge in [0.1, 0.15) is 23.9 Å². The number of hydrogen-bond acceptors (Lipinski definition) is 4. The van der Waals surface area contributed by atoms with Gasteiger partial charge in [-0.25, -0.2) is 4.79 Å². The molecule has 0 atom stereocenters. The normalized spacial score (nSPS) is 10.0. The Hall–Kier alpha value is -2.89. The van der Waals surface area contributed by atoms with Gasteiger partial charge >= 0.3 is 6.03 Å². The molecule has 134 valence electrons. The molecule has 25 heavy (non-hydrogen) atoms. The second kappa shape index (κ2) is 9.42. The van der Waals surface area contributed by atoms with E-state index in [1.165, 1.54) is 5.56 Å². The highest BCUT2D eigenvalue weighted by atomic mass is 16.5. The Morgan fingerprint density at radius 1 is 0.880 bits per heavy atom. The van der Waals surface area contributed by atoms with Crippen LogP contribution in [0.2, 0.25) is 0 Å². The van der Waals surface area contributed by atoms with Crippen molar-refractivity contribution in [3.8, 4) is 17.2 Å². The molecular weight excluding hydrogens is 320 g/mol. The first kappa shape index (κ1) is 18.4. The van der Waals surface area contributed by atoms with Crippen molar-refractivity contribution in [1.82, 2.24) is 10.6 Å². The monoisotopic (exact) mass is 344 g/mol. The van der Waals surface area contributed by atoms with Gasteiger partial charge in [-0.05, 0) is 61.4 Å². The Morgan fingerprint density at radius 2 is 1.56 bits per heavy atom.